The Morgan fingerprint density at radius 3 is 3.06 bits per heavy atom. The first-order valence-corrected chi connectivity index (χ1v) is 4.91. The number of ether oxygens (including phenoxy) is 1. The van der Waals surface area contributed by atoms with Crippen LogP contribution in [0.2, 0.25) is 5.15 Å². The molecule has 1 N–H and O–H groups in total. The monoisotopic (exact) mass is 241 g/mol. The van der Waals surface area contributed by atoms with Crippen molar-refractivity contribution in [2.75, 3.05) is 6.61 Å². The van der Waals surface area contributed by atoms with Crippen LogP contribution in [0.5, 0.6) is 5.75 Å². The first-order chi connectivity index (χ1) is 7.65. The number of carbonyl (C=O) groups excluding carboxylic acids is 1. The molecule has 0 bridgehead atoms. The van der Waals surface area contributed by atoms with E-state index in [2.05, 4.69) is 10.1 Å². The summed E-state index contributed by atoms with van der Waals surface area (Å²) in [6.07, 6.45) is 2.44. The van der Waals surface area contributed by atoms with Crippen LogP contribution in [0.4, 0.5) is 0 Å². The number of aromatic nitrogens is 3. The predicted molar refractivity (Wildman–Crippen MR) is 55.6 cm³/mol. The van der Waals surface area contributed by atoms with E-state index in [1.165, 1.54) is 16.9 Å². The van der Waals surface area contributed by atoms with Gasteiger partial charge < -0.3 is 9.84 Å². The van der Waals surface area contributed by atoms with Crippen molar-refractivity contribution in [3.63, 3.8) is 0 Å². The second-order valence-electron chi connectivity index (χ2n) is 2.95. The Morgan fingerprint density at radius 2 is 2.38 bits per heavy atom. The van der Waals surface area contributed by atoms with E-state index in [-0.39, 0.29) is 28.7 Å². The standard InChI is InChI=1S/C9H8ClN3O3/c1-2-16-9(15)5-3-11-8-6(14)4-12-13(8)7(5)10/h3-4,14H,2H2,1H3. The van der Waals surface area contributed by atoms with E-state index in [1.807, 2.05) is 0 Å². The highest BCUT2D eigenvalue weighted by molar-refractivity contribution is 6.32. The minimum atomic E-state index is -0.572. The summed E-state index contributed by atoms with van der Waals surface area (Å²) in [5.74, 6) is -0.672. The van der Waals surface area contributed by atoms with Gasteiger partial charge in [0.1, 0.15) is 10.7 Å². The zero-order valence-electron chi connectivity index (χ0n) is 8.35. The summed E-state index contributed by atoms with van der Waals surface area (Å²) in [6.45, 7) is 1.94. The summed E-state index contributed by atoms with van der Waals surface area (Å²) in [4.78, 5) is 15.3. The summed E-state index contributed by atoms with van der Waals surface area (Å²) in [5.41, 5.74) is 0.303. The van der Waals surface area contributed by atoms with Gasteiger partial charge in [-0.05, 0) is 6.92 Å². The van der Waals surface area contributed by atoms with Gasteiger partial charge >= 0.3 is 5.97 Å². The highest BCUT2D eigenvalue weighted by Gasteiger charge is 2.17. The van der Waals surface area contributed by atoms with Crippen molar-refractivity contribution in [1.82, 2.24) is 14.6 Å². The molecule has 0 spiro atoms. The molecule has 0 aliphatic heterocycles. The second kappa shape index (κ2) is 3.97. The molecule has 0 aliphatic carbocycles. The van der Waals surface area contributed by atoms with Gasteiger partial charge in [0.25, 0.3) is 0 Å². The number of hydrogen-bond donors (Lipinski definition) is 1. The molecule has 2 rings (SSSR count). The maximum atomic E-state index is 11.5. The van der Waals surface area contributed by atoms with Crippen LogP contribution in [0.3, 0.4) is 0 Å². The molecule has 0 atom stereocenters. The summed E-state index contributed by atoms with van der Waals surface area (Å²) >= 11 is 5.93. The highest BCUT2D eigenvalue weighted by Crippen LogP contribution is 2.22. The van der Waals surface area contributed by atoms with Gasteiger partial charge in [-0.1, -0.05) is 11.6 Å². The third-order valence-corrected chi connectivity index (χ3v) is 2.31. The molecule has 2 heterocycles. The number of nitrogens with zero attached hydrogens (tertiary/aromatic N) is 3. The maximum absolute atomic E-state index is 11.5. The minimum Gasteiger partial charge on any atom is -0.503 e. The van der Waals surface area contributed by atoms with Crippen LogP contribution in [0.25, 0.3) is 5.65 Å². The van der Waals surface area contributed by atoms with E-state index < -0.39 is 5.97 Å². The fraction of sp³-hybridized carbons (Fsp3) is 0.222. The van der Waals surface area contributed by atoms with Crippen LogP contribution in [-0.4, -0.2) is 32.3 Å². The van der Waals surface area contributed by atoms with Gasteiger partial charge in [0.05, 0.1) is 12.8 Å². The van der Waals surface area contributed by atoms with E-state index in [1.54, 1.807) is 6.92 Å². The van der Waals surface area contributed by atoms with Crippen LogP contribution in [0.15, 0.2) is 12.4 Å². The summed E-state index contributed by atoms with van der Waals surface area (Å²) in [7, 11) is 0. The average Bonchev–Trinajstić information content (AvgIpc) is 2.62. The number of esters is 1. The third kappa shape index (κ3) is 1.57. The van der Waals surface area contributed by atoms with Crippen molar-refractivity contribution >= 4 is 23.2 Å². The van der Waals surface area contributed by atoms with E-state index in [0.29, 0.717) is 0 Å². The van der Waals surface area contributed by atoms with Crippen molar-refractivity contribution < 1.29 is 14.6 Å². The lowest BCUT2D eigenvalue weighted by Crippen LogP contribution is -2.08. The number of halogens is 1. The van der Waals surface area contributed by atoms with E-state index in [0.717, 1.165) is 0 Å². The van der Waals surface area contributed by atoms with E-state index in [4.69, 9.17) is 16.3 Å². The molecule has 2 aromatic rings. The topological polar surface area (TPSA) is 76.7 Å². The molecule has 0 aromatic carbocycles. The normalized spacial score (nSPS) is 10.6. The molecule has 0 aliphatic rings. The molecule has 0 saturated heterocycles. The lowest BCUT2D eigenvalue weighted by atomic mass is 10.3. The van der Waals surface area contributed by atoms with E-state index in [9.17, 15) is 9.90 Å². The number of hydrogen-bond acceptors (Lipinski definition) is 5. The lowest BCUT2D eigenvalue weighted by Gasteiger charge is -2.04. The van der Waals surface area contributed by atoms with Crippen molar-refractivity contribution in [1.29, 1.82) is 0 Å². The minimum absolute atomic E-state index is 0.0590. The first-order valence-electron chi connectivity index (χ1n) is 4.53. The van der Waals surface area contributed by atoms with E-state index >= 15 is 0 Å². The quantitative estimate of drug-likeness (QED) is 0.633. The predicted octanol–water partition coefficient (Wildman–Crippen LogP) is 1.26. The Morgan fingerprint density at radius 1 is 1.62 bits per heavy atom. The van der Waals surface area contributed by atoms with Gasteiger partial charge in [-0.2, -0.15) is 9.61 Å². The SMILES string of the molecule is CCOC(=O)c1cnc2c(O)cnn2c1Cl. The molecule has 2 aromatic heterocycles. The number of carbonyl (C=O) groups is 1. The lowest BCUT2D eigenvalue weighted by molar-refractivity contribution is 0.0525. The third-order valence-electron chi connectivity index (χ3n) is 1.94. The van der Waals surface area contributed by atoms with Crippen molar-refractivity contribution in [2.24, 2.45) is 0 Å². The average molecular weight is 242 g/mol. The second-order valence-corrected chi connectivity index (χ2v) is 3.31. The van der Waals surface area contributed by atoms with Crippen LogP contribution in [0.1, 0.15) is 17.3 Å². The molecule has 6 nitrogen and oxygen atoms in total. The molecule has 0 radical (unpaired) electrons. The van der Waals surface area contributed by atoms with Crippen LogP contribution in [-0.2, 0) is 4.74 Å². The fourth-order valence-corrected chi connectivity index (χ4v) is 1.49. The maximum Gasteiger partial charge on any atom is 0.342 e. The van der Waals surface area contributed by atoms with Crippen molar-refractivity contribution in [3.05, 3.63) is 23.1 Å². The Bertz CT molecular complexity index is 552. The van der Waals surface area contributed by atoms with Gasteiger partial charge in [0.15, 0.2) is 11.4 Å². The van der Waals surface area contributed by atoms with Gasteiger partial charge in [-0.15, -0.1) is 0 Å². The smallest absolute Gasteiger partial charge is 0.342 e. The van der Waals surface area contributed by atoms with Gasteiger partial charge in [0.2, 0.25) is 0 Å². The number of fused-ring (bicyclic) bond motifs is 1. The molecular formula is C9H8ClN3O3. The van der Waals surface area contributed by atoms with Crippen LogP contribution in [0, 0.1) is 0 Å². The molecule has 7 heteroatoms. The Labute approximate surface area is 95.4 Å². The van der Waals surface area contributed by atoms with Crippen molar-refractivity contribution in [3.8, 4) is 5.75 Å². The van der Waals surface area contributed by atoms with Crippen LogP contribution >= 0.6 is 11.6 Å². The Hall–Kier alpha value is -1.82. The number of aromatic hydroxyl groups is 1. The van der Waals surface area contributed by atoms with Gasteiger partial charge in [-0.25, -0.2) is 9.78 Å². The molecule has 84 valence electrons. The summed E-state index contributed by atoms with van der Waals surface area (Å²) in [5, 5.41) is 13.2. The van der Waals surface area contributed by atoms with Gasteiger partial charge in [0, 0.05) is 6.20 Å². The Balaban J connectivity index is 2.56. The largest absolute Gasteiger partial charge is 0.503 e. The molecule has 0 fully saturated rings. The first kappa shape index (κ1) is 10.7. The molecule has 0 unspecified atom stereocenters. The summed E-state index contributed by atoms with van der Waals surface area (Å²) < 4.78 is 5.97. The highest BCUT2D eigenvalue weighted by atomic mass is 35.5. The zero-order chi connectivity index (χ0) is 11.7. The molecular weight excluding hydrogens is 234 g/mol. The van der Waals surface area contributed by atoms with Crippen LogP contribution < -0.4 is 0 Å². The molecule has 16 heavy (non-hydrogen) atoms. The Kier molecular flexibility index (Phi) is 2.66. The molecule has 0 amide bonds. The zero-order valence-corrected chi connectivity index (χ0v) is 9.10. The van der Waals surface area contributed by atoms with Gasteiger partial charge in [-0.3, -0.25) is 0 Å². The fourth-order valence-electron chi connectivity index (χ4n) is 1.24. The van der Waals surface area contributed by atoms with Crippen molar-refractivity contribution in [2.45, 2.75) is 6.92 Å². The summed E-state index contributed by atoms with van der Waals surface area (Å²) in [6, 6.07) is 0. The molecule has 0 saturated carbocycles. The number of rotatable bonds is 2.